The minimum Gasteiger partial charge on any atom is -0.340 e. The van der Waals surface area contributed by atoms with Crippen molar-refractivity contribution < 1.29 is 0 Å². The number of thioether (sulfide) groups is 1. The molecular weight excluding hydrogens is 629 g/mol. The fourth-order valence-electron chi connectivity index (χ4n) is 8.77. The van der Waals surface area contributed by atoms with Crippen LogP contribution in [0.5, 0.6) is 0 Å². The van der Waals surface area contributed by atoms with Gasteiger partial charge in [0.2, 0.25) is 0 Å². The zero-order valence-electron chi connectivity index (χ0n) is 27.8. The molecule has 0 amide bonds. The molecule has 3 heterocycles. The summed E-state index contributed by atoms with van der Waals surface area (Å²) in [5.74, 6) is 3.07. The Kier molecular flexibility index (Phi) is 7.34. The highest BCUT2D eigenvalue weighted by atomic mass is 32.2. The van der Waals surface area contributed by atoms with Crippen LogP contribution in [0.2, 0.25) is 0 Å². The smallest absolute Gasteiger partial charge is 0.169 e. The Morgan fingerprint density at radius 2 is 1.60 bits per heavy atom. The summed E-state index contributed by atoms with van der Waals surface area (Å²) in [6.07, 6.45) is 20.6. The average Bonchev–Trinajstić information content (AvgIpc) is 3.72. The van der Waals surface area contributed by atoms with Crippen molar-refractivity contribution in [1.29, 1.82) is 0 Å². The highest BCUT2D eigenvalue weighted by Gasteiger charge is 2.50. The number of aliphatic imine (C=N–C) groups is 2. The van der Waals surface area contributed by atoms with Crippen LogP contribution < -0.4 is 10.2 Å². The quantitative estimate of drug-likeness (QED) is 0.230. The Balaban J connectivity index is 1.14. The van der Waals surface area contributed by atoms with E-state index in [1.54, 1.807) is 4.91 Å². The molecule has 1 N–H and O–H groups in total. The highest BCUT2D eigenvalue weighted by molar-refractivity contribution is 8.03. The van der Waals surface area contributed by atoms with Crippen LogP contribution in [0, 0.1) is 11.8 Å². The van der Waals surface area contributed by atoms with Crippen LogP contribution >= 0.6 is 11.8 Å². The molecule has 3 aliphatic heterocycles. The Bertz CT molecular complexity index is 2210. The van der Waals surface area contributed by atoms with Crippen LogP contribution in [0.4, 0.5) is 5.69 Å². The first-order chi connectivity index (χ1) is 24.8. The van der Waals surface area contributed by atoms with Crippen molar-refractivity contribution in [2.75, 3.05) is 4.90 Å². The van der Waals surface area contributed by atoms with Gasteiger partial charge in [-0.05, 0) is 77.1 Å². The third kappa shape index (κ3) is 5.06. The second-order valence-corrected chi connectivity index (χ2v) is 15.1. The molecule has 4 aromatic carbocycles. The van der Waals surface area contributed by atoms with E-state index in [0.717, 1.165) is 54.0 Å². The number of nitrogens with one attached hydrogen (secondary N) is 1. The van der Waals surface area contributed by atoms with E-state index in [9.17, 15) is 0 Å². The minimum atomic E-state index is -0.351. The number of rotatable bonds is 5. The lowest BCUT2D eigenvalue weighted by Gasteiger charge is -2.36. The molecular formula is C45H38N4S. The van der Waals surface area contributed by atoms with Crippen LogP contribution in [0.3, 0.4) is 0 Å². The van der Waals surface area contributed by atoms with E-state index in [-0.39, 0.29) is 6.17 Å². The summed E-state index contributed by atoms with van der Waals surface area (Å²) in [6.45, 7) is 0. The maximum atomic E-state index is 5.41. The van der Waals surface area contributed by atoms with E-state index in [0.29, 0.717) is 23.8 Å². The Labute approximate surface area is 298 Å². The van der Waals surface area contributed by atoms with E-state index in [1.165, 1.54) is 33.0 Å². The second kappa shape index (κ2) is 12.3. The van der Waals surface area contributed by atoms with E-state index < -0.39 is 0 Å². The lowest BCUT2D eigenvalue weighted by atomic mass is 9.76. The molecule has 0 spiro atoms. The average molecular weight is 667 g/mol. The molecule has 244 valence electrons. The van der Waals surface area contributed by atoms with E-state index in [2.05, 4.69) is 156 Å². The number of hydrogen-bond donors (Lipinski definition) is 1. The van der Waals surface area contributed by atoms with Crippen LogP contribution in [0.15, 0.2) is 171 Å². The number of fused-ring (bicyclic) bond motifs is 6. The molecule has 0 aromatic heterocycles. The molecule has 5 unspecified atom stereocenters. The van der Waals surface area contributed by atoms with Crippen molar-refractivity contribution in [3.8, 4) is 0 Å². The number of nitrogens with zero attached hydrogens (tertiary/aromatic N) is 3. The third-order valence-corrected chi connectivity index (χ3v) is 12.4. The van der Waals surface area contributed by atoms with Gasteiger partial charge in [-0.1, -0.05) is 133 Å². The number of benzene rings is 4. The first-order valence-corrected chi connectivity index (χ1v) is 18.8. The predicted molar refractivity (Wildman–Crippen MR) is 207 cm³/mol. The molecule has 4 nitrogen and oxygen atoms in total. The fraction of sp³-hybridized carbons (Fsp3) is 0.200. The molecule has 3 aliphatic carbocycles. The van der Waals surface area contributed by atoms with E-state index >= 15 is 0 Å². The topological polar surface area (TPSA) is 40.0 Å². The van der Waals surface area contributed by atoms with Crippen LogP contribution in [0.1, 0.15) is 65.6 Å². The van der Waals surface area contributed by atoms with Gasteiger partial charge in [0, 0.05) is 45.5 Å². The van der Waals surface area contributed by atoms with Crippen molar-refractivity contribution in [3.05, 3.63) is 184 Å². The summed E-state index contributed by atoms with van der Waals surface area (Å²) in [6, 6.07) is 37.4. The van der Waals surface area contributed by atoms with Gasteiger partial charge in [-0.15, -0.1) is 0 Å². The standard InChI is InChI=1S/C45H38N4S/c1-4-14-29(15-5-1)32-24-25-39(37(26-32)45-47-43(30-16-6-2-7-17-30)46-44(48-45)31-18-8-3-9-19-31)49-38-22-12-10-20-33(38)35-28-42-36(27-40(35)49)34-21-11-13-23-41(34)50-42/h2-4,6-19,21-26,28,33,35-36,40,43H,1,5,20,27H2,(H,46,47,48). The zero-order valence-corrected chi connectivity index (χ0v) is 28.6. The summed E-state index contributed by atoms with van der Waals surface area (Å²) in [7, 11) is 0. The summed E-state index contributed by atoms with van der Waals surface area (Å²) < 4.78 is 0. The SMILES string of the molecule is C1=CCC2C(=C1)N(c1ccc(C3=CCCC=C3)cc1C1=NC(c3ccccc3)N=C(c3ccccc3)N1)C1CC3C(=CC21)Sc1ccccc13. The van der Waals surface area contributed by atoms with Gasteiger partial charge in [0.1, 0.15) is 11.7 Å². The highest BCUT2D eigenvalue weighted by Crippen LogP contribution is 2.59. The Morgan fingerprint density at radius 3 is 2.46 bits per heavy atom. The van der Waals surface area contributed by atoms with Gasteiger partial charge in [-0.3, -0.25) is 0 Å². The van der Waals surface area contributed by atoms with Gasteiger partial charge >= 0.3 is 0 Å². The van der Waals surface area contributed by atoms with Gasteiger partial charge in [0.25, 0.3) is 0 Å². The zero-order chi connectivity index (χ0) is 33.0. The molecule has 50 heavy (non-hydrogen) atoms. The molecule has 4 aromatic rings. The van der Waals surface area contributed by atoms with Gasteiger partial charge in [0.15, 0.2) is 6.17 Å². The van der Waals surface area contributed by atoms with E-state index in [4.69, 9.17) is 9.98 Å². The van der Waals surface area contributed by atoms with Gasteiger partial charge in [-0.2, -0.15) is 0 Å². The molecule has 0 radical (unpaired) electrons. The lowest BCUT2D eigenvalue weighted by molar-refractivity contribution is 0.407. The summed E-state index contributed by atoms with van der Waals surface area (Å²) >= 11 is 2.00. The monoisotopic (exact) mass is 666 g/mol. The molecule has 0 saturated carbocycles. The normalized spacial score (nSPS) is 26.0. The van der Waals surface area contributed by atoms with Gasteiger partial charge in [0.05, 0.1) is 5.69 Å². The van der Waals surface area contributed by atoms with Crippen LogP contribution in [-0.2, 0) is 0 Å². The van der Waals surface area contributed by atoms with Crippen molar-refractivity contribution in [2.45, 2.75) is 48.7 Å². The number of hydrogen-bond acceptors (Lipinski definition) is 5. The first kappa shape index (κ1) is 29.8. The maximum Gasteiger partial charge on any atom is 0.169 e. The predicted octanol–water partition coefficient (Wildman–Crippen LogP) is 10.4. The number of amidine groups is 2. The van der Waals surface area contributed by atoms with E-state index in [1.807, 2.05) is 11.8 Å². The first-order valence-electron chi connectivity index (χ1n) is 18.0. The van der Waals surface area contributed by atoms with Crippen molar-refractivity contribution in [1.82, 2.24) is 5.32 Å². The summed E-state index contributed by atoms with van der Waals surface area (Å²) in [5, 5.41) is 3.76. The summed E-state index contributed by atoms with van der Waals surface area (Å²) in [4.78, 5) is 16.3. The molecule has 6 aliphatic rings. The van der Waals surface area contributed by atoms with Crippen LogP contribution in [0.25, 0.3) is 5.57 Å². The lowest BCUT2D eigenvalue weighted by Crippen LogP contribution is -2.39. The molecule has 10 rings (SSSR count). The van der Waals surface area contributed by atoms with Gasteiger partial charge < -0.3 is 10.2 Å². The number of allylic oxidation sites excluding steroid dienone is 9. The molecule has 5 heteroatoms. The maximum absolute atomic E-state index is 5.41. The molecule has 1 fully saturated rings. The van der Waals surface area contributed by atoms with Crippen molar-refractivity contribution in [3.63, 3.8) is 0 Å². The Morgan fingerprint density at radius 1 is 0.780 bits per heavy atom. The fourth-order valence-corrected chi connectivity index (χ4v) is 10.1. The minimum absolute atomic E-state index is 0.349. The molecule has 5 atom stereocenters. The van der Waals surface area contributed by atoms with Crippen molar-refractivity contribution >= 4 is 34.7 Å². The summed E-state index contributed by atoms with van der Waals surface area (Å²) in [5.41, 5.74) is 9.90. The van der Waals surface area contributed by atoms with Crippen molar-refractivity contribution in [2.24, 2.45) is 21.8 Å². The largest absolute Gasteiger partial charge is 0.340 e. The Hall–Kier alpha value is -5.13. The molecule has 0 bridgehead atoms. The van der Waals surface area contributed by atoms with Gasteiger partial charge in [-0.25, -0.2) is 9.98 Å². The molecule has 1 saturated heterocycles. The number of anilines is 1. The van der Waals surface area contributed by atoms with Crippen LogP contribution in [-0.4, -0.2) is 17.7 Å². The third-order valence-electron chi connectivity index (χ3n) is 11.1. The second-order valence-electron chi connectivity index (χ2n) is 14.0.